The molecule has 0 bridgehead atoms. The Morgan fingerprint density at radius 1 is 1.17 bits per heavy atom. The fourth-order valence-electron chi connectivity index (χ4n) is 1.82. The summed E-state index contributed by atoms with van der Waals surface area (Å²) in [7, 11) is 0. The third-order valence-corrected chi connectivity index (χ3v) is 3.37. The van der Waals surface area contributed by atoms with Gasteiger partial charge in [-0.3, -0.25) is 4.79 Å². The molecule has 0 unspecified atom stereocenters. The Balaban J connectivity index is 2.24. The van der Waals surface area contributed by atoms with Crippen molar-refractivity contribution in [1.82, 2.24) is 5.32 Å². The van der Waals surface area contributed by atoms with E-state index in [0.29, 0.717) is 25.7 Å². The van der Waals surface area contributed by atoms with Gasteiger partial charge in [0.15, 0.2) is 0 Å². The number of amides is 1. The topological polar surface area (TPSA) is 55.4 Å². The lowest BCUT2D eigenvalue weighted by Crippen LogP contribution is -2.39. The third kappa shape index (κ3) is 6.32. The van der Waals surface area contributed by atoms with Crippen LogP contribution in [0.3, 0.4) is 0 Å². The summed E-state index contributed by atoms with van der Waals surface area (Å²) in [6, 6.07) is -0.0276. The fraction of sp³-hybridized carbons (Fsp3) is 0.800. The lowest BCUT2D eigenvalue weighted by atomic mass is 9.87. The number of carbonyl (C=O) groups excluding carboxylic acids is 2. The molecule has 104 valence electrons. The van der Waals surface area contributed by atoms with Crippen LogP contribution in [0.1, 0.15) is 25.7 Å². The third-order valence-electron chi connectivity index (χ3n) is 2.74. The number of hydrogen-bond acceptors (Lipinski definition) is 3. The van der Waals surface area contributed by atoms with E-state index in [0.717, 1.165) is 0 Å². The SMILES string of the molecule is O=C(NC1CCC(C(=O)Cl)CC1)OCC(Cl)(Cl)Cl. The predicted octanol–water partition coefficient (Wildman–Crippen LogP) is 3.41. The Kier molecular flexibility index (Phi) is 6.31. The summed E-state index contributed by atoms with van der Waals surface area (Å²) >= 11 is 21.8. The zero-order valence-corrected chi connectivity index (χ0v) is 12.5. The van der Waals surface area contributed by atoms with E-state index in [1.165, 1.54) is 0 Å². The Morgan fingerprint density at radius 2 is 1.72 bits per heavy atom. The van der Waals surface area contributed by atoms with Gasteiger partial charge in [0.1, 0.15) is 6.61 Å². The van der Waals surface area contributed by atoms with Crippen LogP contribution in [0.4, 0.5) is 4.79 Å². The van der Waals surface area contributed by atoms with E-state index in [4.69, 9.17) is 51.1 Å². The summed E-state index contributed by atoms with van der Waals surface area (Å²) < 4.78 is 3.13. The maximum atomic E-state index is 11.4. The van der Waals surface area contributed by atoms with Gasteiger partial charge in [0.25, 0.3) is 0 Å². The molecule has 0 radical (unpaired) electrons. The van der Waals surface area contributed by atoms with Crippen molar-refractivity contribution in [1.29, 1.82) is 0 Å². The van der Waals surface area contributed by atoms with Crippen molar-refractivity contribution in [2.24, 2.45) is 5.92 Å². The minimum Gasteiger partial charge on any atom is -0.445 e. The predicted molar refractivity (Wildman–Crippen MR) is 71.4 cm³/mol. The highest BCUT2D eigenvalue weighted by atomic mass is 35.6. The monoisotopic (exact) mass is 335 g/mol. The van der Waals surface area contributed by atoms with E-state index in [1.807, 2.05) is 0 Å². The molecular formula is C10H13Cl4NO3. The molecule has 1 rings (SSSR count). The molecule has 4 nitrogen and oxygen atoms in total. The van der Waals surface area contributed by atoms with Gasteiger partial charge in [-0.2, -0.15) is 0 Å². The second-order valence-electron chi connectivity index (χ2n) is 4.19. The number of alkyl carbamates (subject to hydrolysis) is 1. The lowest BCUT2D eigenvalue weighted by molar-refractivity contribution is -0.116. The maximum Gasteiger partial charge on any atom is 0.407 e. The second kappa shape index (κ2) is 7.04. The van der Waals surface area contributed by atoms with Gasteiger partial charge in [0.2, 0.25) is 9.03 Å². The largest absolute Gasteiger partial charge is 0.445 e. The van der Waals surface area contributed by atoms with Gasteiger partial charge in [-0.05, 0) is 37.3 Å². The number of hydrogen-bond donors (Lipinski definition) is 1. The molecular weight excluding hydrogens is 324 g/mol. The molecule has 8 heteroatoms. The average molecular weight is 337 g/mol. The Bertz CT molecular complexity index is 311. The van der Waals surface area contributed by atoms with Gasteiger partial charge in [0, 0.05) is 12.0 Å². The number of halogens is 4. The Hall–Kier alpha value is 0.1000. The Labute approximate surface area is 125 Å². The zero-order chi connectivity index (χ0) is 13.8. The standard InChI is InChI=1S/C10H13Cl4NO3/c11-8(16)6-1-3-7(4-2-6)15-9(17)18-5-10(12,13)14/h6-7H,1-5H2,(H,15,17). The van der Waals surface area contributed by atoms with Crippen molar-refractivity contribution in [2.45, 2.75) is 35.5 Å². The molecule has 1 fully saturated rings. The molecule has 1 aliphatic rings. The van der Waals surface area contributed by atoms with Crippen molar-refractivity contribution in [3.63, 3.8) is 0 Å². The molecule has 0 aromatic heterocycles. The first-order chi connectivity index (χ1) is 8.28. The van der Waals surface area contributed by atoms with Crippen LogP contribution < -0.4 is 5.32 Å². The van der Waals surface area contributed by atoms with E-state index >= 15 is 0 Å². The van der Waals surface area contributed by atoms with Gasteiger partial charge in [-0.15, -0.1) is 0 Å². The second-order valence-corrected chi connectivity index (χ2v) is 7.08. The van der Waals surface area contributed by atoms with Crippen LogP contribution in [0.25, 0.3) is 0 Å². The zero-order valence-electron chi connectivity index (χ0n) is 9.43. The molecule has 0 aliphatic heterocycles. The minimum absolute atomic E-state index is 0.0276. The van der Waals surface area contributed by atoms with E-state index in [-0.39, 0.29) is 23.8 Å². The van der Waals surface area contributed by atoms with E-state index in [9.17, 15) is 9.59 Å². The summed E-state index contributed by atoms with van der Waals surface area (Å²) in [4.78, 5) is 22.3. The molecule has 1 amide bonds. The van der Waals surface area contributed by atoms with E-state index in [2.05, 4.69) is 5.32 Å². The van der Waals surface area contributed by atoms with Crippen LogP contribution in [0.5, 0.6) is 0 Å². The van der Waals surface area contributed by atoms with Crippen molar-refractivity contribution in [2.75, 3.05) is 6.61 Å². The first kappa shape index (κ1) is 16.2. The average Bonchev–Trinajstić information content (AvgIpc) is 2.26. The van der Waals surface area contributed by atoms with Gasteiger partial charge in [-0.25, -0.2) is 4.79 Å². The molecule has 0 heterocycles. The molecule has 1 saturated carbocycles. The summed E-state index contributed by atoms with van der Waals surface area (Å²) in [5.41, 5.74) is 0. The van der Waals surface area contributed by atoms with E-state index < -0.39 is 9.89 Å². The van der Waals surface area contributed by atoms with Crippen molar-refractivity contribution in [3.05, 3.63) is 0 Å². The molecule has 0 aromatic rings. The van der Waals surface area contributed by atoms with Crippen LogP contribution in [-0.4, -0.2) is 27.8 Å². The number of carbonyl (C=O) groups is 2. The molecule has 0 spiro atoms. The molecule has 0 atom stereocenters. The van der Waals surface area contributed by atoms with Crippen LogP contribution in [0.15, 0.2) is 0 Å². The van der Waals surface area contributed by atoms with Gasteiger partial charge >= 0.3 is 6.09 Å². The molecule has 0 aromatic carbocycles. The first-order valence-electron chi connectivity index (χ1n) is 5.47. The quantitative estimate of drug-likeness (QED) is 0.634. The number of rotatable bonds is 3. The van der Waals surface area contributed by atoms with Crippen molar-refractivity contribution in [3.8, 4) is 0 Å². The van der Waals surface area contributed by atoms with Gasteiger partial charge in [-0.1, -0.05) is 34.8 Å². The van der Waals surface area contributed by atoms with Gasteiger partial charge in [0.05, 0.1) is 0 Å². The fourth-order valence-corrected chi connectivity index (χ4v) is 2.20. The maximum absolute atomic E-state index is 11.4. The Morgan fingerprint density at radius 3 is 2.17 bits per heavy atom. The van der Waals surface area contributed by atoms with Crippen LogP contribution in [0, 0.1) is 5.92 Å². The summed E-state index contributed by atoms with van der Waals surface area (Å²) in [5.74, 6) is -0.109. The first-order valence-corrected chi connectivity index (χ1v) is 6.98. The van der Waals surface area contributed by atoms with Gasteiger partial charge < -0.3 is 10.1 Å². The highest BCUT2D eigenvalue weighted by molar-refractivity contribution is 6.67. The molecule has 0 saturated heterocycles. The van der Waals surface area contributed by atoms with Crippen LogP contribution in [-0.2, 0) is 9.53 Å². The number of alkyl halides is 3. The summed E-state index contributed by atoms with van der Waals surface area (Å²) in [6.45, 7) is -0.307. The molecule has 18 heavy (non-hydrogen) atoms. The highest BCUT2D eigenvalue weighted by Gasteiger charge is 2.27. The summed E-state index contributed by atoms with van der Waals surface area (Å²) in [5, 5.41) is 2.35. The number of ether oxygens (including phenoxy) is 1. The smallest absolute Gasteiger partial charge is 0.407 e. The molecule has 1 N–H and O–H groups in total. The normalized spacial score (nSPS) is 24.4. The highest BCUT2D eigenvalue weighted by Crippen LogP contribution is 2.27. The molecule has 1 aliphatic carbocycles. The minimum atomic E-state index is -1.61. The summed E-state index contributed by atoms with van der Waals surface area (Å²) in [6.07, 6.45) is 2.08. The lowest BCUT2D eigenvalue weighted by Gasteiger charge is -2.26. The van der Waals surface area contributed by atoms with Crippen LogP contribution in [0.2, 0.25) is 0 Å². The van der Waals surface area contributed by atoms with Crippen molar-refractivity contribution >= 4 is 57.7 Å². The van der Waals surface area contributed by atoms with Crippen molar-refractivity contribution < 1.29 is 14.3 Å². The van der Waals surface area contributed by atoms with Crippen LogP contribution >= 0.6 is 46.4 Å². The number of nitrogens with one attached hydrogen (secondary N) is 1. The van der Waals surface area contributed by atoms with E-state index in [1.54, 1.807) is 0 Å².